The number of ether oxygens (including phenoxy) is 2. The van der Waals surface area contributed by atoms with E-state index in [4.69, 9.17) is 4.74 Å². The normalized spacial score (nSPS) is 14.1. The van der Waals surface area contributed by atoms with Gasteiger partial charge in [-0.25, -0.2) is 0 Å². The Bertz CT molecular complexity index is 834. The standard InChI is InChI=1S/C20H20F2N2O4/c1-27-17-4-2-3-15(13-17)19(26)24-11-9-23(10-12-24)18(25)14-5-7-16(8-6-14)28-20(21)22/h2-8,13,20H,9-12H2,1H3. The number of methoxy groups -OCH3 is 1. The van der Waals surface area contributed by atoms with E-state index in [1.54, 1.807) is 41.2 Å². The SMILES string of the molecule is COc1cccc(C(=O)N2CCN(C(=O)c3ccc(OC(F)F)cc3)CC2)c1. The first-order valence-corrected chi connectivity index (χ1v) is 8.75. The molecule has 0 spiro atoms. The molecule has 3 rings (SSSR count). The van der Waals surface area contributed by atoms with Crippen molar-refractivity contribution in [3.8, 4) is 11.5 Å². The molecule has 1 aliphatic rings. The van der Waals surface area contributed by atoms with Crippen molar-refractivity contribution in [3.05, 3.63) is 59.7 Å². The van der Waals surface area contributed by atoms with Gasteiger partial charge >= 0.3 is 6.61 Å². The minimum Gasteiger partial charge on any atom is -0.497 e. The zero-order chi connectivity index (χ0) is 20.1. The molecule has 148 valence electrons. The first-order valence-electron chi connectivity index (χ1n) is 8.75. The molecule has 1 heterocycles. The average molecular weight is 390 g/mol. The highest BCUT2D eigenvalue weighted by Gasteiger charge is 2.25. The van der Waals surface area contributed by atoms with Crippen LogP contribution in [-0.2, 0) is 0 Å². The van der Waals surface area contributed by atoms with Crippen LogP contribution in [0.5, 0.6) is 11.5 Å². The van der Waals surface area contributed by atoms with Gasteiger partial charge in [0, 0.05) is 37.3 Å². The van der Waals surface area contributed by atoms with Gasteiger partial charge in [0.15, 0.2) is 0 Å². The highest BCUT2D eigenvalue weighted by Crippen LogP contribution is 2.18. The highest BCUT2D eigenvalue weighted by molar-refractivity contribution is 5.96. The topological polar surface area (TPSA) is 59.1 Å². The van der Waals surface area contributed by atoms with E-state index >= 15 is 0 Å². The lowest BCUT2D eigenvalue weighted by atomic mass is 10.1. The van der Waals surface area contributed by atoms with Gasteiger partial charge in [-0.3, -0.25) is 9.59 Å². The van der Waals surface area contributed by atoms with Crippen molar-refractivity contribution < 1.29 is 27.8 Å². The lowest BCUT2D eigenvalue weighted by molar-refractivity contribution is -0.0498. The molecule has 0 aliphatic carbocycles. The maximum Gasteiger partial charge on any atom is 0.387 e. The third-order valence-corrected chi connectivity index (χ3v) is 4.50. The van der Waals surface area contributed by atoms with E-state index in [9.17, 15) is 18.4 Å². The second-order valence-corrected chi connectivity index (χ2v) is 6.22. The van der Waals surface area contributed by atoms with Gasteiger partial charge in [-0.2, -0.15) is 8.78 Å². The first-order chi connectivity index (χ1) is 13.5. The highest BCUT2D eigenvalue weighted by atomic mass is 19.3. The molecule has 0 saturated carbocycles. The summed E-state index contributed by atoms with van der Waals surface area (Å²) >= 11 is 0. The van der Waals surface area contributed by atoms with Crippen molar-refractivity contribution in [3.63, 3.8) is 0 Å². The Labute approximate surface area is 161 Å². The fraction of sp³-hybridized carbons (Fsp3) is 0.300. The van der Waals surface area contributed by atoms with Crippen LogP contribution in [0.4, 0.5) is 8.78 Å². The van der Waals surface area contributed by atoms with E-state index < -0.39 is 6.61 Å². The number of piperazine rings is 1. The number of hydrogen-bond acceptors (Lipinski definition) is 4. The molecule has 0 bridgehead atoms. The Morgan fingerprint density at radius 2 is 1.43 bits per heavy atom. The Morgan fingerprint density at radius 3 is 1.96 bits per heavy atom. The van der Waals surface area contributed by atoms with Crippen molar-refractivity contribution in [2.45, 2.75) is 6.61 Å². The van der Waals surface area contributed by atoms with Crippen LogP contribution in [0.25, 0.3) is 0 Å². The third kappa shape index (κ3) is 4.57. The molecule has 6 nitrogen and oxygen atoms in total. The van der Waals surface area contributed by atoms with E-state index in [0.29, 0.717) is 43.1 Å². The van der Waals surface area contributed by atoms with E-state index in [2.05, 4.69) is 4.74 Å². The van der Waals surface area contributed by atoms with Gasteiger partial charge in [-0.05, 0) is 42.5 Å². The van der Waals surface area contributed by atoms with Crippen LogP contribution in [0.3, 0.4) is 0 Å². The number of carbonyl (C=O) groups excluding carboxylic acids is 2. The van der Waals surface area contributed by atoms with Crippen molar-refractivity contribution >= 4 is 11.8 Å². The fourth-order valence-electron chi connectivity index (χ4n) is 3.01. The van der Waals surface area contributed by atoms with E-state index in [1.165, 1.54) is 24.3 Å². The third-order valence-electron chi connectivity index (χ3n) is 4.50. The maximum atomic E-state index is 12.6. The molecule has 0 unspecified atom stereocenters. The summed E-state index contributed by atoms with van der Waals surface area (Å²) in [6.45, 7) is -1.30. The maximum absolute atomic E-state index is 12.6. The molecule has 2 aromatic carbocycles. The molecule has 0 radical (unpaired) electrons. The zero-order valence-electron chi connectivity index (χ0n) is 15.3. The predicted molar refractivity (Wildman–Crippen MR) is 97.9 cm³/mol. The van der Waals surface area contributed by atoms with Crippen LogP contribution in [0.1, 0.15) is 20.7 Å². The number of nitrogens with zero attached hydrogens (tertiary/aromatic N) is 2. The van der Waals surface area contributed by atoms with Gasteiger partial charge in [0.1, 0.15) is 11.5 Å². The summed E-state index contributed by atoms with van der Waals surface area (Å²) in [5.41, 5.74) is 0.919. The molecule has 8 heteroatoms. The first kappa shape index (κ1) is 19.6. The van der Waals surface area contributed by atoms with E-state index in [-0.39, 0.29) is 17.6 Å². The van der Waals surface area contributed by atoms with Crippen molar-refractivity contribution in [2.75, 3.05) is 33.3 Å². The smallest absolute Gasteiger partial charge is 0.387 e. The van der Waals surface area contributed by atoms with Gasteiger partial charge in [-0.1, -0.05) is 6.07 Å². The van der Waals surface area contributed by atoms with E-state index in [0.717, 1.165) is 0 Å². The van der Waals surface area contributed by atoms with Gasteiger partial charge in [-0.15, -0.1) is 0 Å². The summed E-state index contributed by atoms with van der Waals surface area (Å²) in [6.07, 6.45) is 0. The minimum absolute atomic E-state index is 0.000236. The molecule has 0 N–H and O–H groups in total. The van der Waals surface area contributed by atoms with Crippen molar-refractivity contribution in [2.24, 2.45) is 0 Å². The molecule has 28 heavy (non-hydrogen) atoms. The lowest BCUT2D eigenvalue weighted by Gasteiger charge is -2.35. The van der Waals surface area contributed by atoms with Gasteiger partial charge in [0.05, 0.1) is 7.11 Å². The van der Waals surface area contributed by atoms with Crippen molar-refractivity contribution in [1.82, 2.24) is 9.80 Å². The molecule has 1 saturated heterocycles. The summed E-state index contributed by atoms with van der Waals surface area (Å²) < 4.78 is 33.8. The Morgan fingerprint density at radius 1 is 0.857 bits per heavy atom. The van der Waals surface area contributed by atoms with Gasteiger partial charge < -0.3 is 19.3 Å². The van der Waals surface area contributed by atoms with Gasteiger partial charge in [0.2, 0.25) is 0 Å². The summed E-state index contributed by atoms with van der Waals surface area (Å²) in [7, 11) is 1.54. The molecule has 2 aromatic rings. The van der Waals surface area contributed by atoms with Crippen LogP contribution < -0.4 is 9.47 Å². The Hall–Kier alpha value is -3.16. The fourth-order valence-corrected chi connectivity index (χ4v) is 3.01. The second kappa shape index (κ2) is 8.69. The summed E-state index contributed by atoms with van der Waals surface area (Å²) in [4.78, 5) is 28.5. The molecular formula is C20H20F2N2O4. The number of rotatable bonds is 5. The number of amides is 2. The van der Waals surface area contributed by atoms with Crippen LogP contribution in [-0.4, -0.2) is 61.5 Å². The number of halogens is 2. The van der Waals surface area contributed by atoms with Gasteiger partial charge in [0.25, 0.3) is 11.8 Å². The number of alkyl halides is 2. The molecule has 1 fully saturated rings. The summed E-state index contributed by atoms with van der Waals surface area (Å²) in [5, 5.41) is 0. The Kier molecular flexibility index (Phi) is 6.08. The quantitative estimate of drug-likeness (QED) is 0.788. The zero-order valence-corrected chi connectivity index (χ0v) is 15.3. The number of benzene rings is 2. The summed E-state index contributed by atoms with van der Waals surface area (Å²) in [6, 6.07) is 12.5. The molecular weight excluding hydrogens is 370 g/mol. The predicted octanol–water partition coefficient (Wildman–Crippen LogP) is 2.89. The Balaban J connectivity index is 1.58. The largest absolute Gasteiger partial charge is 0.497 e. The van der Waals surface area contributed by atoms with Crippen molar-refractivity contribution in [1.29, 1.82) is 0 Å². The monoisotopic (exact) mass is 390 g/mol. The molecule has 0 atom stereocenters. The average Bonchev–Trinajstić information content (AvgIpc) is 2.73. The summed E-state index contributed by atoms with van der Waals surface area (Å²) in [5.74, 6) is 0.288. The lowest BCUT2D eigenvalue weighted by Crippen LogP contribution is -2.50. The van der Waals surface area contributed by atoms with Crippen LogP contribution in [0.15, 0.2) is 48.5 Å². The van der Waals surface area contributed by atoms with Crippen LogP contribution in [0.2, 0.25) is 0 Å². The van der Waals surface area contributed by atoms with E-state index in [1.807, 2.05) is 0 Å². The molecule has 1 aliphatic heterocycles. The molecule has 2 amide bonds. The number of carbonyl (C=O) groups is 2. The van der Waals surface area contributed by atoms with Crippen LogP contribution >= 0.6 is 0 Å². The number of hydrogen-bond donors (Lipinski definition) is 0. The second-order valence-electron chi connectivity index (χ2n) is 6.22. The van der Waals surface area contributed by atoms with Crippen LogP contribution in [0, 0.1) is 0 Å². The molecule has 0 aromatic heterocycles. The minimum atomic E-state index is -2.91.